The number of hydrogen-bond donors (Lipinski definition) is 0. The summed E-state index contributed by atoms with van der Waals surface area (Å²) < 4.78 is 40.5. The summed E-state index contributed by atoms with van der Waals surface area (Å²) in [5, 5.41) is 0. The molecule has 0 aliphatic carbocycles. The van der Waals surface area contributed by atoms with Gasteiger partial charge in [0, 0.05) is 13.1 Å². The van der Waals surface area contributed by atoms with Gasteiger partial charge < -0.3 is 4.74 Å². The number of benzene rings is 1. The molecule has 1 aliphatic rings. The summed E-state index contributed by atoms with van der Waals surface area (Å²) in [6, 6.07) is 5.85. The van der Waals surface area contributed by atoms with Gasteiger partial charge in [-0.3, -0.25) is 9.69 Å². The molecule has 0 unspecified atom stereocenters. The summed E-state index contributed by atoms with van der Waals surface area (Å²) in [5.74, 6) is -0.665. The fourth-order valence-electron chi connectivity index (χ4n) is 1.93. The molecular weight excluding hydrogens is 285 g/mol. The molecular formula is C13H16FNO4S. The van der Waals surface area contributed by atoms with Crippen molar-refractivity contribution in [1.29, 1.82) is 0 Å². The van der Waals surface area contributed by atoms with Gasteiger partial charge in [0.15, 0.2) is 9.84 Å². The topological polar surface area (TPSA) is 63.7 Å². The Balaban J connectivity index is 1.76. The molecule has 1 aromatic rings. The minimum atomic E-state index is -2.95. The Kier molecular flexibility index (Phi) is 4.72. The maximum absolute atomic E-state index is 12.9. The van der Waals surface area contributed by atoms with Gasteiger partial charge in [0.05, 0.1) is 18.1 Å². The van der Waals surface area contributed by atoms with Crippen LogP contribution in [0.15, 0.2) is 24.3 Å². The fourth-order valence-corrected chi connectivity index (χ4v) is 3.20. The van der Waals surface area contributed by atoms with E-state index in [0.717, 1.165) is 0 Å². The zero-order valence-corrected chi connectivity index (χ0v) is 11.7. The highest BCUT2D eigenvalue weighted by molar-refractivity contribution is 7.91. The van der Waals surface area contributed by atoms with Crippen molar-refractivity contribution in [2.75, 3.05) is 31.1 Å². The van der Waals surface area contributed by atoms with Crippen molar-refractivity contribution in [1.82, 2.24) is 4.90 Å². The van der Waals surface area contributed by atoms with E-state index >= 15 is 0 Å². The summed E-state index contributed by atoms with van der Waals surface area (Å²) in [4.78, 5) is 13.4. The normalized spacial score (nSPS) is 18.6. The van der Waals surface area contributed by atoms with Crippen molar-refractivity contribution >= 4 is 15.8 Å². The molecule has 0 radical (unpaired) electrons. The second-order valence-corrected chi connectivity index (χ2v) is 7.02. The molecule has 0 N–H and O–H groups in total. The Morgan fingerprint density at radius 1 is 1.30 bits per heavy atom. The van der Waals surface area contributed by atoms with Gasteiger partial charge in [0.1, 0.15) is 12.4 Å². The van der Waals surface area contributed by atoms with E-state index in [1.807, 2.05) is 0 Å². The van der Waals surface area contributed by atoms with E-state index in [1.54, 1.807) is 17.0 Å². The monoisotopic (exact) mass is 301 g/mol. The molecule has 7 heteroatoms. The minimum absolute atomic E-state index is 0.0166. The second kappa shape index (κ2) is 6.32. The van der Waals surface area contributed by atoms with E-state index < -0.39 is 15.8 Å². The van der Waals surface area contributed by atoms with Crippen LogP contribution in [0.5, 0.6) is 0 Å². The average Bonchev–Trinajstić information content (AvgIpc) is 2.39. The maximum atomic E-state index is 12.9. The van der Waals surface area contributed by atoms with Gasteiger partial charge in [-0.2, -0.15) is 0 Å². The Morgan fingerprint density at radius 2 is 2.00 bits per heavy atom. The SMILES string of the molecule is O=C(CN1CCS(=O)(=O)CC1)OCc1cccc(F)c1. The van der Waals surface area contributed by atoms with Crippen LogP contribution in [-0.2, 0) is 26.0 Å². The Bertz CT molecular complexity index is 574. The van der Waals surface area contributed by atoms with Crippen LogP contribution in [0.25, 0.3) is 0 Å². The third kappa shape index (κ3) is 4.57. The highest BCUT2D eigenvalue weighted by Gasteiger charge is 2.23. The summed E-state index contributed by atoms with van der Waals surface area (Å²) in [6.45, 7) is 0.766. The van der Waals surface area contributed by atoms with Crippen molar-refractivity contribution in [3.8, 4) is 0 Å². The molecule has 1 heterocycles. The largest absolute Gasteiger partial charge is 0.460 e. The van der Waals surface area contributed by atoms with Gasteiger partial charge in [0.2, 0.25) is 0 Å². The summed E-state index contributed by atoms with van der Waals surface area (Å²) in [6.07, 6.45) is 0. The van der Waals surface area contributed by atoms with Gasteiger partial charge in [-0.15, -0.1) is 0 Å². The van der Waals surface area contributed by atoms with Crippen LogP contribution >= 0.6 is 0 Å². The zero-order chi connectivity index (χ0) is 14.6. The lowest BCUT2D eigenvalue weighted by Crippen LogP contribution is -2.43. The summed E-state index contributed by atoms with van der Waals surface area (Å²) in [5.41, 5.74) is 0.583. The van der Waals surface area contributed by atoms with Crippen LogP contribution in [0.3, 0.4) is 0 Å². The lowest BCUT2D eigenvalue weighted by molar-refractivity contribution is -0.146. The molecule has 0 amide bonds. The number of sulfone groups is 1. The van der Waals surface area contributed by atoms with Gasteiger partial charge in [-0.05, 0) is 17.7 Å². The van der Waals surface area contributed by atoms with Crippen LogP contribution in [0.2, 0.25) is 0 Å². The highest BCUT2D eigenvalue weighted by Crippen LogP contribution is 2.07. The van der Waals surface area contributed by atoms with Crippen molar-refractivity contribution < 1.29 is 22.3 Å². The molecule has 20 heavy (non-hydrogen) atoms. The van der Waals surface area contributed by atoms with Crippen molar-refractivity contribution in [3.63, 3.8) is 0 Å². The number of esters is 1. The van der Waals surface area contributed by atoms with Gasteiger partial charge in [-0.25, -0.2) is 12.8 Å². The van der Waals surface area contributed by atoms with Gasteiger partial charge >= 0.3 is 5.97 Å². The average molecular weight is 301 g/mol. The Labute approximate surface area is 117 Å². The molecule has 2 rings (SSSR count). The molecule has 0 bridgehead atoms. The smallest absolute Gasteiger partial charge is 0.320 e. The van der Waals surface area contributed by atoms with Crippen molar-refractivity contribution in [3.05, 3.63) is 35.6 Å². The molecule has 0 saturated carbocycles. The third-order valence-corrected chi connectivity index (χ3v) is 4.69. The number of halogens is 1. The van der Waals surface area contributed by atoms with Gasteiger partial charge in [0.25, 0.3) is 0 Å². The van der Waals surface area contributed by atoms with Crippen molar-refractivity contribution in [2.45, 2.75) is 6.61 Å². The number of ether oxygens (including phenoxy) is 1. The number of rotatable bonds is 4. The maximum Gasteiger partial charge on any atom is 0.320 e. The zero-order valence-electron chi connectivity index (χ0n) is 10.9. The first-order chi connectivity index (χ1) is 9.44. The molecule has 5 nitrogen and oxygen atoms in total. The predicted octanol–water partition coefficient (Wildman–Crippen LogP) is 0.599. The van der Waals surface area contributed by atoms with Crippen LogP contribution in [0.4, 0.5) is 4.39 Å². The molecule has 1 saturated heterocycles. The van der Waals surface area contributed by atoms with E-state index in [2.05, 4.69) is 0 Å². The minimum Gasteiger partial charge on any atom is -0.460 e. The van der Waals surface area contributed by atoms with E-state index in [4.69, 9.17) is 4.74 Å². The molecule has 1 fully saturated rings. The molecule has 110 valence electrons. The molecule has 1 aromatic carbocycles. The molecule has 1 aliphatic heterocycles. The first-order valence-electron chi connectivity index (χ1n) is 6.27. The third-order valence-electron chi connectivity index (χ3n) is 3.08. The standard InChI is InChI=1S/C13H16FNO4S/c14-12-3-1-2-11(8-12)10-19-13(16)9-15-4-6-20(17,18)7-5-15/h1-3,8H,4-7,9-10H2. The lowest BCUT2D eigenvalue weighted by atomic mass is 10.2. The van der Waals surface area contributed by atoms with Crippen LogP contribution in [0.1, 0.15) is 5.56 Å². The lowest BCUT2D eigenvalue weighted by Gasteiger charge is -2.25. The fraction of sp³-hybridized carbons (Fsp3) is 0.462. The van der Waals surface area contributed by atoms with Crippen molar-refractivity contribution in [2.24, 2.45) is 0 Å². The Morgan fingerprint density at radius 3 is 2.65 bits per heavy atom. The molecule has 0 aromatic heterocycles. The van der Waals surface area contributed by atoms with Crippen LogP contribution in [0, 0.1) is 5.82 Å². The second-order valence-electron chi connectivity index (χ2n) is 4.72. The molecule has 0 atom stereocenters. The van der Waals surface area contributed by atoms with Crippen LogP contribution in [-0.4, -0.2) is 50.4 Å². The van der Waals surface area contributed by atoms with Gasteiger partial charge in [-0.1, -0.05) is 12.1 Å². The Hall–Kier alpha value is -1.47. The predicted molar refractivity (Wildman–Crippen MR) is 71.3 cm³/mol. The van der Waals surface area contributed by atoms with E-state index in [9.17, 15) is 17.6 Å². The number of hydrogen-bond acceptors (Lipinski definition) is 5. The first-order valence-corrected chi connectivity index (χ1v) is 8.10. The number of nitrogens with zero attached hydrogens (tertiary/aromatic N) is 1. The van der Waals surface area contributed by atoms with Crippen LogP contribution < -0.4 is 0 Å². The quantitative estimate of drug-likeness (QED) is 0.762. The highest BCUT2D eigenvalue weighted by atomic mass is 32.2. The number of carbonyl (C=O) groups excluding carboxylic acids is 1. The summed E-state index contributed by atoms with van der Waals surface area (Å²) in [7, 11) is -2.95. The van der Waals surface area contributed by atoms with E-state index in [0.29, 0.717) is 18.7 Å². The molecule has 0 spiro atoms. The number of carbonyl (C=O) groups is 1. The summed E-state index contributed by atoms with van der Waals surface area (Å²) >= 11 is 0. The first kappa shape index (κ1) is 14.9. The van der Waals surface area contributed by atoms with E-state index in [-0.39, 0.29) is 30.5 Å². The van der Waals surface area contributed by atoms with E-state index in [1.165, 1.54) is 12.1 Å².